The van der Waals surface area contributed by atoms with Crippen molar-refractivity contribution < 1.29 is 99.7 Å². The van der Waals surface area contributed by atoms with Crippen molar-refractivity contribution in [2.24, 2.45) is 10.2 Å². The van der Waals surface area contributed by atoms with Crippen LogP contribution in [0, 0.1) is 56.3 Å². The van der Waals surface area contributed by atoms with E-state index < -0.39 is 17.6 Å². The second kappa shape index (κ2) is 50.5. The largest absolute Gasteiger partial charge is 1.00 e. The smallest absolute Gasteiger partial charge is 1.00 e. The quantitative estimate of drug-likeness (QED) is 0.0249. The van der Waals surface area contributed by atoms with Gasteiger partial charge < -0.3 is 47.5 Å². The predicted molar refractivity (Wildman–Crippen MR) is 250 cm³/mol. The van der Waals surface area contributed by atoms with Crippen LogP contribution in [0.25, 0.3) is 0 Å². The molecular weight excluding hydrogens is 913 g/mol. The number of hydrogen-bond acceptors (Lipinski definition) is 14. The number of esters is 2. The van der Waals surface area contributed by atoms with Crippen molar-refractivity contribution in [3.8, 4) is 49.4 Å². The molecule has 1 aliphatic rings. The molecule has 4 N–H and O–H groups in total. The maximum absolute atomic E-state index is 11.0. The van der Waals surface area contributed by atoms with Gasteiger partial charge in [-0.25, -0.2) is 4.79 Å². The molecule has 3 rings (SSSR count). The summed E-state index contributed by atoms with van der Waals surface area (Å²) >= 11 is 1.72. The Morgan fingerprint density at radius 2 is 1.29 bits per heavy atom. The molecule has 68 heavy (non-hydrogen) atoms. The van der Waals surface area contributed by atoms with Gasteiger partial charge in [0, 0.05) is 109 Å². The Morgan fingerprint density at radius 1 is 0.779 bits per heavy atom. The first kappa shape index (κ1) is 73.7. The Morgan fingerprint density at radius 3 is 1.69 bits per heavy atom. The third-order valence-electron chi connectivity index (χ3n) is 7.97. The SMILES string of the molecule is C#CCCC(=O)CCC(=O)O.C#CCCC(=O)CCC(=O)OCC.C#CCCC1(CCC(=O)O)N=N1.C#CCCC=O.C=CC(=O)OCC.Cc1c(CCO)sc[n+]1Cc1ccccc1.[Cl-].[Li+].[OH-]. The van der Waals surface area contributed by atoms with E-state index in [1.807, 2.05) is 6.07 Å². The number of Topliss-reactive ketones (excluding diaryl/α,β-unsaturated/α-hetero) is 2. The molecule has 19 heteroatoms. The Labute approximate surface area is 424 Å². The fraction of sp³-hybridized carbons (Fsp3) is 0.469. The molecule has 0 radical (unpaired) electrons. The summed E-state index contributed by atoms with van der Waals surface area (Å²) in [6.45, 7) is 10.7. The van der Waals surface area contributed by atoms with Gasteiger partial charge in [0.15, 0.2) is 17.9 Å². The summed E-state index contributed by atoms with van der Waals surface area (Å²) in [5, 5.41) is 33.2. The summed E-state index contributed by atoms with van der Waals surface area (Å²) in [5.74, 6) is 7.02. The molecule has 0 saturated carbocycles. The molecule has 1 aliphatic heterocycles. The zero-order valence-electron chi connectivity index (χ0n) is 39.7. The predicted octanol–water partition coefficient (Wildman–Crippen LogP) is 0.665. The minimum atomic E-state index is -0.945. The standard InChI is InChI=1S/C13H16NOS.C10H14O3.C8H10N2O2.C8H10O3.C5H8O2.C5H6O.ClH.Li.H2O/c1-11-13(7-8-15)16-10-14(11)9-12-5-3-2-4-6-12;1-3-5-6-9(11)7-8-10(12)13-4-2;1-2-3-5-8(9-10-8)6-4-7(11)12;1-2-3-4-7(9)5-6-8(10)11;1-3-5(6)7-4-2;1-2-3-4-5-6;;;/h2-6,10,15H,7-9H2,1H3;1H,4-8H2,2H3;1H,3-6H2,(H,11,12);1H,3-6H2,(H,10,11);3H,1,4H2,2H3;1,5H,3-4H2;1H;;1H2/q+1;;;;;;;+1;/p-2. The maximum atomic E-state index is 11.0. The number of aliphatic hydroxyl groups excluding tert-OH is 1. The van der Waals surface area contributed by atoms with E-state index >= 15 is 0 Å². The van der Waals surface area contributed by atoms with Crippen LogP contribution in [0.2, 0.25) is 0 Å². The topological polar surface area (TPSA) is 257 Å². The van der Waals surface area contributed by atoms with Crippen LogP contribution >= 0.6 is 11.3 Å². The van der Waals surface area contributed by atoms with Crippen LogP contribution in [0.1, 0.15) is 120 Å². The molecule has 1 aromatic carbocycles. The fourth-order valence-corrected chi connectivity index (χ4v) is 5.43. The molecule has 0 spiro atoms. The molecule has 0 aliphatic carbocycles. The average molecular weight is 979 g/mol. The van der Waals surface area contributed by atoms with Crippen molar-refractivity contribution >= 4 is 53.1 Å². The van der Waals surface area contributed by atoms with Gasteiger partial charge in [0.2, 0.25) is 5.51 Å². The van der Waals surface area contributed by atoms with E-state index in [0.717, 1.165) is 25.3 Å². The zero-order valence-corrected chi connectivity index (χ0v) is 41.2. The van der Waals surface area contributed by atoms with E-state index in [4.69, 9.17) is 41.0 Å². The number of ether oxygens (including phenoxy) is 2. The van der Waals surface area contributed by atoms with E-state index in [0.29, 0.717) is 71.0 Å². The number of ketones is 2. The maximum Gasteiger partial charge on any atom is 1.00 e. The Bertz CT molecular complexity index is 1940. The van der Waals surface area contributed by atoms with Crippen molar-refractivity contribution in [2.75, 3.05) is 19.8 Å². The summed E-state index contributed by atoms with van der Waals surface area (Å²) in [6, 6.07) is 10.4. The summed E-state index contributed by atoms with van der Waals surface area (Å²) in [4.78, 5) is 73.6. The van der Waals surface area contributed by atoms with Crippen LogP contribution < -0.4 is 35.8 Å². The first-order valence-electron chi connectivity index (χ1n) is 20.7. The number of rotatable bonds is 24. The van der Waals surface area contributed by atoms with Crippen LogP contribution in [0.5, 0.6) is 0 Å². The van der Waals surface area contributed by atoms with Gasteiger partial charge in [-0.1, -0.05) is 48.2 Å². The van der Waals surface area contributed by atoms with Gasteiger partial charge >= 0.3 is 42.7 Å². The molecule has 0 unspecified atom stereocenters. The van der Waals surface area contributed by atoms with E-state index in [1.165, 1.54) is 16.1 Å². The number of aldehydes is 1. The Balaban J connectivity index is -0.000000173. The van der Waals surface area contributed by atoms with E-state index in [1.54, 1.807) is 25.2 Å². The number of hydrogen-bond donors (Lipinski definition) is 3. The van der Waals surface area contributed by atoms with Gasteiger partial charge in [0.25, 0.3) is 0 Å². The number of carboxylic acids is 2. The number of aliphatic carboxylic acids is 2. The summed E-state index contributed by atoms with van der Waals surface area (Å²) < 4.78 is 11.3. The summed E-state index contributed by atoms with van der Waals surface area (Å²) in [5.41, 5.74) is 4.27. The summed E-state index contributed by atoms with van der Waals surface area (Å²) in [7, 11) is 0. The van der Waals surface area contributed by atoms with Gasteiger partial charge in [-0.2, -0.15) is 14.8 Å². The number of unbranched alkanes of at least 4 members (excludes halogenated alkanes) is 1. The first-order chi connectivity index (χ1) is 31.1. The van der Waals surface area contributed by atoms with Crippen LogP contribution in [0.3, 0.4) is 0 Å². The number of benzene rings is 1. The second-order valence-electron chi connectivity index (χ2n) is 13.1. The molecule has 368 valence electrons. The number of thiazole rings is 1. The normalized spacial score (nSPS) is 9.94. The first-order valence-corrected chi connectivity index (χ1v) is 21.6. The molecule has 0 bridgehead atoms. The number of nitrogens with zero attached hydrogens (tertiary/aromatic N) is 3. The Hall–Kier alpha value is -5.87. The molecule has 0 fully saturated rings. The average Bonchev–Trinajstić information content (AvgIpc) is 4.00. The number of halogens is 1. The molecular formula is C49H65ClLiN3O13S. The van der Waals surface area contributed by atoms with Crippen molar-refractivity contribution in [1.29, 1.82) is 0 Å². The van der Waals surface area contributed by atoms with E-state index in [9.17, 15) is 33.6 Å². The van der Waals surface area contributed by atoms with Gasteiger partial charge in [-0.3, -0.25) is 24.0 Å². The summed E-state index contributed by atoms with van der Waals surface area (Å²) in [6.07, 6.45) is 27.3. The molecule has 2 heterocycles. The van der Waals surface area contributed by atoms with Gasteiger partial charge in [-0.05, 0) is 13.8 Å². The van der Waals surface area contributed by atoms with Crippen molar-refractivity contribution in [3.63, 3.8) is 0 Å². The van der Waals surface area contributed by atoms with Crippen molar-refractivity contribution in [1.82, 2.24) is 0 Å². The number of carbonyl (C=O) groups is 7. The number of aromatic nitrogens is 1. The Kier molecular flexibility index (Phi) is 54.8. The number of carboxylic acid groups (broad SMARTS) is 2. The zero-order chi connectivity index (χ0) is 49.7. The van der Waals surface area contributed by atoms with Gasteiger partial charge in [0.05, 0.1) is 30.9 Å². The molecule has 1 aromatic heterocycles. The number of aliphatic hydroxyl groups is 1. The van der Waals surface area contributed by atoms with Crippen LogP contribution in [0.4, 0.5) is 0 Å². The van der Waals surface area contributed by atoms with E-state index in [2.05, 4.69) is 91.2 Å². The van der Waals surface area contributed by atoms with E-state index in [-0.39, 0.29) is 99.0 Å². The minimum Gasteiger partial charge on any atom is -1.00 e. The van der Waals surface area contributed by atoms with Crippen molar-refractivity contribution in [2.45, 2.75) is 129 Å². The molecule has 0 amide bonds. The minimum absolute atomic E-state index is 0. The third kappa shape index (κ3) is 46.6. The van der Waals surface area contributed by atoms with Gasteiger partial charge in [-0.15, -0.1) is 49.4 Å². The van der Waals surface area contributed by atoms with Crippen LogP contribution in [-0.4, -0.2) is 88.0 Å². The molecule has 2 aromatic rings. The molecule has 0 saturated heterocycles. The van der Waals surface area contributed by atoms with Gasteiger partial charge in [0.1, 0.15) is 17.9 Å². The second-order valence-corrected chi connectivity index (χ2v) is 14.1. The number of carbonyl (C=O) groups excluding carboxylic acids is 5. The van der Waals surface area contributed by atoms with Crippen LogP contribution in [-0.2, 0) is 56.0 Å². The monoisotopic (exact) mass is 977 g/mol. The van der Waals surface area contributed by atoms with Crippen LogP contribution in [0.15, 0.2) is 58.7 Å². The molecule has 16 nitrogen and oxygen atoms in total. The fourth-order valence-electron chi connectivity index (χ4n) is 4.44. The van der Waals surface area contributed by atoms with Crippen molar-refractivity contribution in [3.05, 3.63) is 64.6 Å². The third-order valence-corrected chi connectivity index (χ3v) is 9.11. The number of terminal acetylenes is 4. The molecule has 0 atom stereocenters.